The first kappa shape index (κ1) is 20.0. The maximum absolute atomic E-state index is 12.8. The van der Waals surface area contributed by atoms with E-state index in [4.69, 9.17) is 14.0 Å². The van der Waals surface area contributed by atoms with Crippen molar-refractivity contribution in [3.63, 3.8) is 0 Å². The number of aromatic nitrogens is 4. The smallest absolute Gasteiger partial charge is 0.279 e. The fourth-order valence-corrected chi connectivity index (χ4v) is 4.19. The highest BCUT2D eigenvalue weighted by molar-refractivity contribution is 5.90. The number of benzene rings is 2. The van der Waals surface area contributed by atoms with Crippen LogP contribution >= 0.6 is 0 Å². The molecule has 32 heavy (non-hydrogen) atoms. The molecule has 5 rings (SSSR count). The van der Waals surface area contributed by atoms with Gasteiger partial charge in [-0.25, -0.2) is 0 Å². The highest BCUT2D eigenvalue weighted by Gasteiger charge is 2.37. The van der Waals surface area contributed by atoms with Crippen LogP contribution < -0.4 is 9.47 Å². The Morgan fingerprint density at radius 3 is 2.78 bits per heavy atom. The lowest BCUT2D eigenvalue weighted by Crippen LogP contribution is -2.28. The zero-order valence-electron chi connectivity index (χ0n) is 18.0. The lowest BCUT2D eigenvalue weighted by molar-refractivity contribution is -0.129. The minimum Gasteiger partial charge on any atom is -0.493 e. The number of hydrogen-bond donors (Lipinski definition) is 1. The maximum Gasteiger partial charge on any atom is 0.279 e. The van der Waals surface area contributed by atoms with Crippen molar-refractivity contribution in [3.8, 4) is 23.1 Å². The van der Waals surface area contributed by atoms with E-state index in [-0.39, 0.29) is 17.9 Å². The van der Waals surface area contributed by atoms with Crippen LogP contribution in [0.25, 0.3) is 22.5 Å². The summed E-state index contributed by atoms with van der Waals surface area (Å²) in [5.74, 6) is 2.05. The minimum atomic E-state index is -0.146. The Kier molecular flexibility index (Phi) is 5.01. The van der Waals surface area contributed by atoms with Crippen molar-refractivity contribution in [2.75, 3.05) is 20.8 Å². The zero-order valence-corrected chi connectivity index (χ0v) is 18.0. The van der Waals surface area contributed by atoms with E-state index in [0.29, 0.717) is 41.9 Å². The Labute approximate surface area is 184 Å². The molecule has 2 aromatic carbocycles. The van der Waals surface area contributed by atoms with Crippen LogP contribution in [0.1, 0.15) is 36.7 Å². The summed E-state index contributed by atoms with van der Waals surface area (Å²) in [5, 5.41) is 12.4. The monoisotopic (exact) mass is 433 g/mol. The van der Waals surface area contributed by atoms with E-state index in [1.165, 1.54) is 0 Å². The number of carbonyl (C=O) groups excluding carboxylic acids is 1. The number of methoxy groups -OCH3 is 2. The molecule has 2 unspecified atom stereocenters. The van der Waals surface area contributed by atoms with E-state index in [1.54, 1.807) is 14.2 Å². The second-order valence-electron chi connectivity index (χ2n) is 7.81. The molecule has 4 aromatic rings. The summed E-state index contributed by atoms with van der Waals surface area (Å²) in [7, 11) is 3.19. The largest absolute Gasteiger partial charge is 0.493 e. The van der Waals surface area contributed by atoms with E-state index < -0.39 is 0 Å². The summed E-state index contributed by atoms with van der Waals surface area (Å²) >= 11 is 0. The van der Waals surface area contributed by atoms with Gasteiger partial charge in [-0.1, -0.05) is 29.4 Å². The van der Waals surface area contributed by atoms with Gasteiger partial charge in [-0.2, -0.15) is 10.1 Å². The average Bonchev–Trinajstić information content (AvgIpc) is 3.55. The molecule has 1 N–H and O–H groups in total. The highest BCUT2D eigenvalue weighted by Crippen LogP contribution is 2.37. The van der Waals surface area contributed by atoms with Crippen LogP contribution in [0.2, 0.25) is 0 Å². The van der Waals surface area contributed by atoms with E-state index in [0.717, 1.165) is 16.5 Å². The fraction of sp³-hybridized carbons (Fsp3) is 0.304. The van der Waals surface area contributed by atoms with Gasteiger partial charge in [0.25, 0.3) is 5.89 Å². The predicted octanol–water partition coefficient (Wildman–Crippen LogP) is 3.71. The number of nitrogens with zero attached hydrogens (tertiary/aromatic N) is 4. The lowest BCUT2D eigenvalue weighted by atomic mass is 10.1. The number of nitrogens with one attached hydrogen (secondary N) is 1. The molecule has 9 nitrogen and oxygen atoms in total. The number of amides is 1. The number of carbonyl (C=O) groups is 1. The number of likely N-dealkylation sites (tertiary alicyclic amines) is 1. The van der Waals surface area contributed by atoms with Gasteiger partial charge in [-0.15, -0.1) is 0 Å². The zero-order chi connectivity index (χ0) is 22.2. The average molecular weight is 433 g/mol. The fourth-order valence-electron chi connectivity index (χ4n) is 4.19. The van der Waals surface area contributed by atoms with E-state index in [1.807, 2.05) is 54.3 Å². The second-order valence-corrected chi connectivity index (χ2v) is 7.81. The van der Waals surface area contributed by atoms with Crippen molar-refractivity contribution in [1.29, 1.82) is 0 Å². The minimum absolute atomic E-state index is 0.0499. The molecular formula is C23H23N5O4. The van der Waals surface area contributed by atoms with Crippen LogP contribution in [0.4, 0.5) is 0 Å². The summed E-state index contributed by atoms with van der Waals surface area (Å²) in [4.78, 5) is 19.2. The first-order valence-electron chi connectivity index (χ1n) is 10.4. The number of hydrogen-bond acceptors (Lipinski definition) is 7. The van der Waals surface area contributed by atoms with Gasteiger partial charge in [0.05, 0.1) is 25.8 Å². The summed E-state index contributed by atoms with van der Waals surface area (Å²) < 4.78 is 16.2. The van der Waals surface area contributed by atoms with Crippen LogP contribution in [-0.2, 0) is 4.79 Å². The Morgan fingerprint density at radius 1 is 1.16 bits per heavy atom. The summed E-state index contributed by atoms with van der Waals surface area (Å²) in [6.45, 7) is 2.51. The normalized spacial score (nSPS) is 17.2. The van der Waals surface area contributed by atoms with E-state index >= 15 is 0 Å². The van der Waals surface area contributed by atoms with E-state index in [9.17, 15) is 4.79 Å². The Morgan fingerprint density at radius 2 is 1.97 bits per heavy atom. The number of H-pyrrole nitrogens is 1. The van der Waals surface area contributed by atoms with Gasteiger partial charge in [-0.05, 0) is 30.7 Å². The van der Waals surface area contributed by atoms with Crippen molar-refractivity contribution in [2.24, 2.45) is 0 Å². The summed E-state index contributed by atoms with van der Waals surface area (Å²) in [6, 6.07) is 13.3. The molecule has 9 heteroatoms. The molecule has 0 saturated carbocycles. The summed E-state index contributed by atoms with van der Waals surface area (Å²) in [5.41, 5.74) is 2.47. The Hall–Kier alpha value is -3.88. The first-order chi connectivity index (χ1) is 15.6. The third-order valence-corrected chi connectivity index (χ3v) is 6.00. The number of ether oxygens (including phenoxy) is 2. The Balaban J connectivity index is 1.36. The number of rotatable bonds is 6. The number of aromatic amines is 1. The molecule has 1 saturated heterocycles. The van der Waals surface area contributed by atoms with Crippen molar-refractivity contribution < 1.29 is 18.8 Å². The molecule has 1 aliphatic rings. The van der Waals surface area contributed by atoms with Crippen molar-refractivity contribution in [1.82, 2.24) is 25.2 Å². The molecule has 164 valence electrons. The molecule has 0 aliphatic carbocycles. The van der Waals surface area contributed by atoms with Gasteiger partial charge < -0.3 is 18.9 Å². The molecule has 1 amide bonds. The lowest BCUT2D eigenvalue weighted by Gasteiger charge is -2.25. The van der Waals surface area contributed by atoms with E-state index in [2.05, 4.69) is 20.3 Å². The number of fused-ring (bicyclic) bond motifs is 1. The third kappa shape index (κ3) is 3.35. The van der Waals surface area contributed by atoms with Gasteiger partial charge >= 0.3 is 0 Å². The van der Waals surface area contributed by atoms with Crippen molar-refractivity contribution >= 4 is 16.8 Å². The quantitative estimate of drug-likeness (QED) is 0.494. The van der Waals surface area contributed by atoms with Crippen LogP contribution in [-0.4, -0.2) is 51.9 Å². The van der Waals surface area contributed by atoms with Crippen LogP contribution in [0.5, 0.6) is 11.5 Å². The predicted molar refractivity (Wildman–Crippen MR) is 116 cm³/mol. The first-order valence-corrected chi connectivity index (χ1v) is 10.4. The molecule has 0 spiro atoms. The molecule has 1 aliphatic heterocycles. The third-order valence-electron chi connectivity index (χ3n) is 6.00. The molecule has 0 radical (unpaired) electrons. The topological polar surface area (TPSA) is 106 Å². The maximum atomic E-state index is 12.8. The molecule has 0 bridgehead atoms. The number of para-hydroxylation sites is 1. The second kappa shape index (κ2) is 7.99. The SMILES string of the molecule is COc1ccc(C(C)N2CC(c3noc(-c4n[nH]c5ccccc45)n3)CC2=O)cc1OC. The standard InChI is InChI=1S/C23H23N5O4/c1-13(14-8-9-18(30-2)19(10-14)31-3)28-12-15(11-20(28)29)22-24-23(32-27-22)21-16-6-4-5-7-17(16)25-26-21/h4-10,13,15H,11-12H2,1-3H3,(H,25,26). The van der Waals surface area contributed by atoms with Gasteiger partial charge in [0.1, 0.15) is 0 Å². The summed E-state index contributed by atoms with van der Waals surface area (Å²) in [6.07, 6.45) is 0.331. The van der Waals surface area contributed by atoms with Gasteiger partial charge in [-0.3, -0.25) is 9.89 Å². The molecular weight excluding hydrogens is 410 g/mol. The van der Waals surface area contributed by atoms with Crippen LogP contribution in [0.3, 0.4) is 0 Å². The van der Waals surface area contributed by atoms with Crippen molar-refractivity contribution in [2.45, 2.75) is 25.3 Å². The van der Waals surface area contributed by atoms with Crippen LogP contribution in [0.15, 0.2) is 47.0 Å². The molecule has 3 heterocycles. The molecule has 2 atom stereocenters. The van der Waals surface area contributed by atoms with Gasteiger partial charge in [0.2, 0.25) is 5.91 Å². The molecule has 1 fully saturated rings. The van der Waals surface area contributed by atoms with Crippen LogP contribution in [0, 0.1) is 0 Å². The Bertz CT molecular complexity index is 1280. The molecule has 2 aromatic heterocycles. The highest BCUT2D eigenvalue weighted by atomic mass is 16.5. The van der Waals surface area contributed by atoms with Gasteiger partial charge in [0, 0.05) is 24.3 Å². The van der Waals surface area contributed by atoms with Crippen molar-refractivity contribution in [3.05, 3.63) is 53.9 Å². The van der Waals surface area contributed by atoms with Gasteiger partial charge in [0.15, 0.2) is 23.0 Å².